The zero-order valence-corrected chi connectivity index (χ0v) is 11.9. The highest BCUT2D eigenvalue weighted by molar-refractivity contribution is 7.09. The van der Waals surface area contributed by atoms with Crippen molar-refractivity contribution in [1.29, 1.82) is 0 Å². The van der Waals surface area contributed by atoms with Crippen LogP contribution in [0.2, 0.25) is 0 Å². The zero-order chi connectivity index (χ0) is 12.7. The van der Waals surface area contributed by atoms with Crippen LogP contribution in [-0.2, 0) is 16.0 Å². The summed E-state index contributed by atoms with van der Waals surface area (Å²) in [5.74, 6) is -0.423. The highest BCUT2D eigenvalue weighted by Gasteiger charge is 2.09. The zero-order valence-electron chi connectivity index (χ0n) is 10.2. The van der Waals surface area contributed by atoms with Crippen molar-refractivity contribution in [3.63, 3.8) is 0 Å². The molecule has 0 aromatic carbocycles. The Bertz CT molecular complexity index is 370. The molecule has 1 heterocycles. The van der Waals surface area contributed by atoms with Crippen LogP contribution < -0.4 is 11.1 Å². The van der Waals surface area contributed by atoms with E-state index in [-0.39, 0.29) is 37.3 Å². The Morgan fingerprint density at radius 2 is 2.22 bits per heavy atom. The summed E-state index contributed by atoms with van der Waals surface area (Å²) in [5, 5.41) is 4.47. The molecule has 18 heavy (non-hydrogen) atoms. The van der Waals surface area contributed by atoms with E-state index in [9.17, 15) is 9.59 Å². The molecule has 0 bridgehead atoms. The van der Waals surface area contributed by atoms with Crippen LogP contribution in [0.1, 0.15) is 4.88 Å². The first-order chi connectivity index (χ1) is 8.13. The summed E-state index contributed by atoms with van der Waals surface area (Å²) in [6.07, 6.45) is 0.838. The lowest BCUT2D eigenvalue weighted by Gasteiger charge is -2.16. The fraction of sp³-hybridized carbons (Fsp3) is 0.455. The van der Waals surface area contributed by atoms with Gasteiger partial charge < -0.3 is 16.0 Å². The summed E-state index contributed by atoms with van der Waals surface area (Å²) in [7, 11) is 1.73. The van der Waals surface area contributed by atoms with Crippen molar-refractivity contribution in [3.8, 4) is 0 Å². The van der Waals surface area contributed by atoms with Crippen molar-refractivity contribution in [1.82, 2.24) is 10.2 Å². The van der Waals surface area contributed by atoms with Crippen molar-refractivity contribution >= 4 is 35.6 Å². The van der Waals surface area contributed by atoms with Gasteiger partial charge in [-0.05, 0) is 17.9 Å². The first-order valence-corrected chi connectivity index (χ1v) is 6.24. The van der Waals surface area contributed by atoms with Crippen LogP contribution in [0.5, 0.6) is 0 Å². The van der Waals surface area contributed by atoms with Crippen molar-refractivity contribution in [2.75, 3.05) is 26.7 Å². The SMILES string of the molecule is CN(CCc1cccs1)C(=O)CNC(=O)CN.Cl. The van der Waals surface area contributed by atoms with Gasteiger partial charge in [-0.2, -0.15) is 0 Å². The highest BCUT2D eigenvalue weighted by Crippen LogP contribution is 2.09. The molecule has 0 fully saturated rings. The molecule has 2 amide bonds. The van der Waals surface area contributed by atoms with Crippen molar-refractivity contribution in [2.45, 2.75) is 6.42 Å². The van der Waals surface area contributed by atoms with E-state index < -0.39 is 0 Å². The summed E-state index contributed by atoms with van der Waals surface area (Å²) < 4.78 is 0. The van der Waals surface area contributed by atoms with E-state index in [2.05, 4.69) is 5.32 Å². The van der Waals surface area contributed by atoms with Gasteiger partial charge in [-0.25, -0.2) is 0 Å². The number of hydrogen-bond acceptors (Lipinski definition) is 4. The number of likely N-dealkylation sites (N-methyl/N-ethyl adjacent to an activating group) is 1. The lowest BCUT2D eigenvalue weighted by Crippen LogP contribution is -2.40. The highest BCUT2D eigenvalue weighted by atomic mass is 35.5. The number of carbonyl (C=O) groups is 2. The van der Waals surface area contributed by atoms with E-state index in [0.29, 0.717) is 6.54 Å². The smallest absolute Gasteiger partial charge is 0.241 e. The summed E-state index contributed by atoms with van der Waals surface area (Å²) in [4.78, 5) is 25.3. The third-order valence-electron chi connectivity index (χ3n) is 2.32. The monoisotopic (exact) mass is 291 g/mol. The number of rotatable bonds is 6. The topological polar surface area (TPSA) is 75.4 Å². The number of halogens is 1. The molecule has 1 aromatic heterocycles. The molecule has 7 heteroatoms. The normalized spacial score (nSPS) is 9.44. The number of thiophene rings is 1. The Morgan fingerprint density at radius 3 is 2.78 bits per heavy atom. The van der Waals surface area contributed by atoms with E-state index in [0.717, 1.165) is 6.42 Å². The molecule has 102 valence electrons. The molecule has 0 aliphatic rings. The summed E-state index contributed by atoms with van der Waals surface area (Å²) >= 11 is 1.67. The summed E-state index contributed by atoms with van der Waals surface area (Å²) in [6, 6.07) is 4.03. The van der Waals surface area contributed by atoms with E-state index in [1.807, 2.05) is 17.5 Å². The van der Waals surface area contributed by atoms with Gasteiger partial charge in [0.1, 0.15) is 0 Å². The second kappa shape index (κ2) is 8.91. The van der Waals surface area contributed by atoms with Crippen LogP contribution in [0, 0.1) is 0 Å². The molecule has 0 saturated carbocycles. The number of hydrogen-bond donors (Lipinski definition) is 2. The quantitative estimate of drug-likeness (QED) is 0.789. The minimum atomic E-state index is -0.315. The Labute approximate surface area is 117 Å². The molecule has 0 unspecified atom stereocenters. The van der Waals surface area contributed by atoms with E-state index in [1.54, 1.807) is 23.3 Å². The van der Waals surface area contributed by atoms with Crippen LogP contribution >= 0.6 is 23.7 Å². The van der Waals surface area contributed by atoms with E-state index in [1.165, 1.54) is 4.88 Å². The molecule has 1 rings (SSSR count). The van der Waals surface area contributed by atoms with Crippen LogP contribution in [0.25, 0.3) is 0 Å². The number of nitrogens with two attached hydrogens (primary N) is 1. The molecule has 0 aliphatic heterocycles. The molecular weight excluding hydrogens is 274 g/mol. The summed E-state index contributed by atoms with van der Waals surface area (Å²) in [5.41, 5.74) is 5.12. The predicted octanol–water partition coefficient (Wildman–Crippen LogP) is 0.246. The van der Waals surface area contributed by atoms with Crippen molar-refractivity contribution in [2.24, 2.45) is 5.73 Å². The van der Waals surface area contributed by atoms with Crippen LogP contribution in [0.3, 0.4) is 0 Å². The Hall–Kier alpha value is -1.11. The Balaban J connectivity index is 0.00000289. The Morgan fingerprint density at radius 1 is 1.50 bits per heavy atom. The molecule has 3 N–H and O–H groups in total. The van der Waals surface area contributed by atoms with E-state index >= 15 is 0 Å². The first-order valence-electron chi connectivity index (χ1n) is 5.36. The number of nitrogens with zero attached hydrogens (tertiary/aromatic N) is 1. The van der Waals surface area contributed by atoms with Crippen molar-refractivity contribution < 1.29 is 9.59 Å². The Kier molecular flexibility index (Phi) is 8.36. The largest absolute Gasteiger partial charge is 0.346 e. The van der Waals surface area contributed by atoms with Crippen LogP contribution in [0.15, 0.2) is 17.5 Å². The number of nitrogens with one attached hydrogen (secondary N) is 1. The average Bonchev–Trinajstić information content (AvgIpc) is 2.85. The van der Waals surface area contributed by atoms with Crippen LogP contribution in [0.4, 0.5) is 0 Å². The molecular formula is C11H18ClN3O2S. The molecule has 0 radical (unpaired) electrons. The maximum absolute atomic E-state index is 11.6. The molecule has 1 aromatic rings. The molecule has 0 saturated heterocycles. The van der Waals surface area contributed by atoms with Gasteiger partial charge >= 0.3 is 0 Å². The second-order valence-electron chi connectivity index (χ2n) is 3.63. The van der Waals surface area contributed by atoms with Gasteiger partial charge in [0, 0.05) is 18.5 Å². The first kappa shape index (κ1) is 16.9. The van der Waals surface area contributed by atoms with Gasteiger partial charge in [0.15, 0.2) is 0 Å². The fourth-order valence-corrected chi connectivity index (χ4v) is 1.94. The minimum absolute atomic E-state index is 0. The predicted molar refractivity (Wildman–Crippen MR) is 75.0 cm³/mol. The lowest BCUT2D eigenvalue weighted by atomic mass is 10.3. The molecule has 0 atom stereocenters. The standard InChI is InChI=1S/C11H17N3O2S.ClH/c1-14(5-4-9-3-2-6-17-9)11(16)8-13-10(15)7-12;/h2-3,6H,4-5,7-8,12H2,1H3,(H,13,15);1H. The van der Waals surface area contributed by atoms with Gasteiger partial charge in [0.05, 0.1) is 13.1 Å². The van der Waals surface area contributed by atoms with Gasteiger partial charge in [-0.15, -0.1) is 23.7 Å². The number of carbonyl (C=O) groups excluding carboxylic acids is 2. The molecule has 0 aliphatic carbocycles. The van der Waals surface area contributed by atoms with Gasteiger partial charge in [0.25, 0.3) is 0 Å². The van der Waals surface area contributed by atoms with E-state index in [4.69, 9.17) is 5.73 Å². The molecule has 5 nitrogen and oxygen atoms in total. The average molecular weight is 292 g/mol. The summed E-state index contributed by atoms with van der Waals surface area (Å²) in [6.45, 7) is 0.570. The van der Waals surface area contributed by atoms with Crippen LogP contribution in [-0.4, -0.2) is 43.4 Å². The maximum Gasteiger partial charge on any atom is 0.241 e. The third kappa shape index (κ3) is 6.00. The number of amides is 2. The minimum Gasteiger partial charge on any atom is -0.346 e. The third-order valence-corrected chi connectivity index (χ3v) is 3.26. The van der Waals surface area contributed by atoms with Crippen molar-refractivity contribution in [3.05, 3.63) is 22.4 Å². The van der Waals surface area contributed by atoms with Gasteiger partial charge in [-0.3, -0.25) is 9.59 Å². The second-order valence-corrected chi connectivity index (χ2v) is 4.66. The van der Waals surface area contributed by atoms with Gasteiger partial charge in [-0.1, -0.05) is 6.07 Å². The lowest BCUT2D eigenvalue weighted by molar-refractivity contribution is -0.131. The van der Waals surface area contributed by atoms with Gasteiger partial charge in [0.2, 0.25) is 11.8 Å². The fourth-order valence-electron chi connectivity index (χ4n) is 1.24. The molecule has 0 spiro atoms. The maximum atomic E-state index is 11.6.